The van der Waals surface area contributed by atoms with Gasteiger partial charge < -0.3 is 5.32 Å². The molecular formula is C19H11Cl2N3OS. The van der Waals surface area contributed by atoms with Gasteiger partial charge in [-0.05, 0) is 42.5 Å². The lowest BCUT2D eigenvalue weighted by molar-refractivity contribution is 0.103. The van der Waals surface area contributed by atoms with Crippen molar-refractivity contribution in [2.75, 3.05) is 5.32 Å². The quantitative estimate of drug-likeness (QED) is 0.465. The van der Waals surface area contributed by atoms with Crippen molar-refractivity contribution >= 4 is 57.2 Å². The Morgan fingerprint density at radius 3 is 2.58 bits per heavy atom. The van der Waals surface area contributed by atoms with E-state index in [0.29, 0.717) is 31.2 Å². The number of hydrogen-bond acceptors (Lipinski definition) is 4. The third-order valence-corrected chi connectivity index (χ3v) is 5.31. The smallest absolute Gasteiger partial charge is 0.265 e. The van der Waals surface area contributed by atoms with Crippen molar-refractivity contribution in [1.82, 2.24) is 9.97 Å². The zero-order chi connectivity index (χ0) is 18.1. The molecule has 0 saturated heterocycles. The maximum absolute atomic E-state index is 12.3. The predicted molar refractivity (Wildman–Crippen MR) is 107 cm³/mol. The van der Waals surface area contributed by atoms with Gasteiger partial charge in [0.2, 0.25) is 0 Å². The zero-order valence-corrected chi connectivity index (χ0v) is 15.6. The summed E-state index contributed by atoms with van der Waals surface area (Å²) in [6, 6.07) is 16.3. The van der Waals surface area contributed by atoms with E-state index in [0.717, 1.165) is 11.0 Å². The SMILES string of the molecule is O=C(Nc1ccc(Cl)c(-c2cnc3ccccc3n2)c1)c1ccc(Cl)s1. The summed E-state index contributed by atoms with van der Waals surface area (Å²) in [6.45, 7) is 0. The topological polar surface area (TPSA) is 54.9 Å². The number of fused-ring (bicyclic) bond motifs is 1. The number of para-hydroxylation sites is 2. The molecule has 1 N–H and O–H groups in total. The van der Waals surface area contributed by atoms with Crippen molar-refractivity contribution in [3.05, 3.63) is 75.0 Å². The number of nitrogens with one attached hydrogen (secondary N) is 1. The van der Waals surface area contributed by atoms with Crippen LogP contribution in [0.2, 0.25) is 9.36 Å². The molecule has 2 aromatic heterocycles. The Balaban J connectivity index is 1.68. The number of hydrogen-bond donors (Lipinski definition) is 1. The molecule has 0 bridgehead atoms. The lowest BCUT2D eigenvalue weighted by Crippen LogP contribution is -2.10. The van der Waals surface area contributed by atoms with E-state index in [-0.39, 0.29) is 5.91 Å². The van der Waals surface area contributed by atoms with Gasteiger partial charge in [-0.2, -0.15) is 0 Å². The number of thiophene rings is 1. The average molecular weight is 400 g/mol. The minimum absolute atomic E-state index is 0.222. The van der Waals surface area contributed by atoms with Crippen molar-refractivity contribution in [3.63, 3.8) is 0 Å². The summed E-state index contributed by atoms with van der Waals surface area (Å²) < 4.78 is 0.568. The number of anilines is 1. The summed E-state index contributed by atoms with van der Waals surface area (Å²) in [6.07, 6.45) is 1.67. The molecule has 0 aliphatic rings. The molecule has 26 heavy (non-hydrogen) atoms. The number of amides is 1. The number of rotatable bonds is 3. The number of carbonyl (C=O) groups is 1. The highest BCUT2D eigenvalue weighted by Gasteiger charge is 2.12. The molecule has 0 fully saturated rings. The molecular weight excluding hydrogens is 389 g/mol. The summed E-state index contributed by atoms with van der Waals surface area (Å²) in [4.78, 5) is 21.9. The van der Waals surface area contributed by atoms with E-state index in [9.17, 15) is 4.79 Å². The number of benzene rings is 2. The second kappa shape index (κ2) is 7.03. The number of aromatic nitrogens is 2. The van der Waals surface area contributed by atoms with Crippen LogP contribution in [0.15, 0.2) is 60.8 Å². The zero-order valence-electron chi connectivity index (χ0n) is 13.2. The third-order valence-electron chi connectivity index (χ3n) is 3.75. The van der Waals surface area contributed by atoms with Crippen LogP contribution in [-0.4, -0.2) is 15.9 Å². The molecule has 4 rings (SSSR count). The summed E-state index contributed by atoms with van der Waals surface area (Å²) >= 11 is 13.5. The van der Waals surface area contributed by atoms with Gasteiger partial charge >= 0.3 is 0 Å². The minimum Gasteiger partial charge on any atom is -0.321 e. The Morgan fingerprint density at radius 1 is 1.00 bits per heavy atom. The van der Waals surface area contributed by atoms with Crippen LogP contribution < -0.4 is 5.32 Å². The van der Waals surface area contributed by atoms with E-state index >= 15 is 0 Å². The van der Waals surface area contributed by atoms with E-state index in [1.165, 1.54) is 11.3 Å². The van der Waals surface area contributed by atoms with Crippen LogP contribution in [0.25, 0.3) is 22.3 Å². The Morgan fingerprint density at radius 2 is 1.81 bits per heavy atom. The van der Waals surface area contributed by atoms with E-state index in [2.05, 4.69) is 15.3 Å². The van der Waals surface area contributed by atoms with Crippen LogP contribution in [0, 0.1) is 0 Å². The normalized spacial score (nSPS) is 10.8. The molecule has 0 unspecified atom stereocenters. The maximum Gasteiger partial charge on any atom is 0.265 e. The van der Waals surface area contributed by atoms with Gasteiger partial charge in [-0.25, -0.2) is 4.98 Å². The van der Waals surface area contributed by atoms with E-state index in [4.69, 9.17) is 23.2 Å². The molecule has 0 saturated carbocycles. The summed E-state index contributed by atoms with van der Waals surface area (Å²) in [5, 5.41) is 3.39. The molecule has 0 aliphatic carbocycles. The molecule has 128 valence electrons. The van der Waals surface area contributed by atoms with Gasteiger partial charge in [0.05, 0.1) is 37.2 Å². The lowest BCUT2D eigenvalue weighted by atomic mass is 10.1. The van der Waals surface area contributed by atoms with Crippen LogP contribution in [0.5, 0.6) is 0 Å². The molecule has 0 spiro atoms. The standard InChI is InChI=1S/C19H11Cl2N3OS/c20-13-6-5-11(23-19(25)17-7-8-18(21)26-17)9-12(13)16-10-22-14-3-1-2-4-15(14)24-16/h1-10H,(H,23,25). The Bertz CT molecular complexity index is 1130. The molecule has 4 aromatic rings. The fourth-order valence-corrected chi connectivity index (χ4v) is 3.67. The van der Waals surface area contributed by atoms with Crippen molar-refractivity contribution in [2.24, 2.45) is 0 Å². The summed E-state index contributed by atoms with van der Waals surface area (Å²) in [7, 11) is 0. The van der Waals surface area contributed by atoms with Crippen LogP contribution >= 0.6 is 34.5 Å². The second-order valence-corrected chi connectivity index (χ2v) is 7.62. The van der Waals surface area contributed by atoms with Gasteiger partial charge in [0.25, 0.3) is 5.91 Å². The Labute approximate surface area is 163 Å². The second-order valence-electron chi connectivity index (χ2n) is 5.50. The highest BCUT2D eigenvalue weighted by Crippen LogP contribution is 2.30. The van der Waals surface area contributed by atoms with Gasteiger partial charge in [-0.3, -0.25) is 9.78 Å². The highest BCUT2D eigenvalue weighted by atomic mass is 35.5. The van der Waals surface area contributed by atoms with Crippen molar-refractivity contribution in [1.29, 1.82) is 0 Å². The predicted octanol–water partition coefficient (Wildman–Crippen LogP) is 5.92. The van der Waals surface area contributed by atoms with Crippen molar-refractivity contribution < 1.29 is 4.79 Å². The first kappa shape index (κ1) is 17.0. The minimum atomic E-state index is -0.222. The number of nitrogens with zero attached hydrogens (tertiary/aromatic N) is 2. The third kappa shape index (κ3) is 3.42. The molecule has 0 radical (unpaired) electrons. The van der Waals surface area contributed by atoms with Crippen LogP contribution in [0.3, 0.4) is 0 Å². The molecule has 0 aliphatic heterocycles. The molecule has 4 nitrogen and oxygen atoms in total. The highest BCUT2D eigenvalue weighted by molar-refractivity contribution is 7.18. The van der Waals surface area contributed by atoms with Gasteiger partial charge in [0.1, 0.15) is 0 Å². The fraction of sp³-hybridized carbons (Fsp3) is 0. The van der Waals surface area contributed by atoms with E-state index < -0.39 is 0 Å². The summed E-state index contributed by atoms with van der Waals surface area (Å²) in [5.41, 5.74) is 3.56. The van der Waals surface area contributed by atoms with Gasteiger partial charge in [-0.15, -0.1) is 11.3 Å². The number of halogens is 2. The van der Waals surface area contributed by atoms with E-state index in [1.54, 1.807) is 36.5 Å². The molecule has 0 atom stereocenters. The van der Waals surface area contributed by atoms with Crippen molar-refractivity contribution in [3.8, 4) is 11.3 Å². The van der Waals surface area contributed by atoms with Crippen LogP contribution in [0.4, 0.5) is 5.69 Å². The van der Waals surface area contributed by atoms with Crippen LogP contribution in [-0.2, 0) is 0 Å². The molecule has 1 amide bonds. The summed E-state index contributed by atoms with van der Waals surface area (Å²) in [5.74, 6) is -0.222. The lowest BCUT2D eigenvalue weighted by Gasteiger charge is -2.09. The monoisotopic (exact) mass is 399 g/mol. The van der Waals surface area contributed by atoms with Gasteiger partial charge in [0.15, 0.2) is 0 Å². The van der Waals surface area contributed by atoms with E-state index in [1.807, 2.05) is 24.3 Å². The first-order chi connectivity index (χ1) is 12.6. The fourth-order valence-electron chi connectivity index (χ4n) is 2.52. The average Bonchev–Trinajstić information content (AvgIpc) is 3.09. The number of carbonyl (C=O) groups excluding carboxylic acids is 1. The Hall–Kier alpha value is -2.47. The Kier molecular flexibility index (Phi) is 4.59. The first-order valence-electron chi connectivity index (χ1n) is 7.68. The van der Waals surface area contributed by atoms with Crippen molar-refractivity contribution in [2.45, 2.75) is 0 Å². The molecule has 7 heteroatoms. The first-order valence-corrected chi connectivity index (χ1v) is 9.26. The van der Waals surface area contributed by atoms with Gasteiger partial charge in [0, 0.05) is 11.3 Å². The van der Waals surface area contributed by atoms with Gasteiger partial charge in [-0.1, -0.05) is 35.3 Å². The van der Waals surface area contributed by atoms with Crippen LogP contribution in [0.1, 0.15) is 9.67 Å². The largest absolute Gasteiger partial charge is 0.321 e. The molecule has 2 heterocycles. The maximum atomic E-state index is 12.3. The molecule has 2 aromatic carbocycles.